The van der Waals surface area contributed by atoms with Crippen LogP contribution in [-0.4, -0.2) is 40.4 Å². The predicted octanol–water partition coefficient (Wildman–Crippen LogP) is 0.843. The molecular weight excluding hydrogens is 366 g/mol. The molecule has 7 nitrogen and oxygen atoms in total. The Bertz CT molecular complexity index is 958. The molecule has 0 atom stereocenters. The summed E-state index contributed by atoms with van der Waals surface area (Å²) in [4.78, 5) is 25.2. The zero-order valence-electron chi connectivity index (χ0n) is 14.9. The van der Waals surface area contributed by atoms with E-state index in [1.165, 1.54) is 17.0 Å². The number of nitrogens with one attached hydrogen (secondary N) is 2. The van der Waals surface area contributed by atoms with E-state index < -0.39 is 15.9 Å². The maximum absolute atomic E-state index is 12.4. The molecule has 1 aliphatic heterocycles. The second-order valence-electron chi connectivity index (χ2n) is 6.33. The van der Waals surface area contributed by atoms with E-state index in [0.717, 1.165) is 5.56 Å². The van der Waals surface area contributed by atoms with Crippen molar-refractivity contribution in [3.63, 3.8) is 0 Å². The number of rotatable bonds is 7. The molecule has 0 saturated carbocycles. The maximum atomic E-state index is 12.4. The van der Waals surface area contributed by atoms with Gasteiger partial charge in [0.1, 0.15) is 0 Å². The molecule has 0 bridgehead atoms. The Labute approximate surface area is 158 Å². The number of anilines is 1. The maximum Gasteiger partial charge on any atom is 0.241 e. The minimum absolute atomic E-state index is 0.0430. The van der Waals surface area contributed by atoms with Gasteiger partial charge in [-0.2, -0.15) is 0 Å². The summed E-state index contributed by atoms with van der Waals surface area (Å²) in [5.41, 5.74) is 2.46. The third kappa shape index (κ3) is 4.53. The van der Waals surface area contributed by atoms with Crippen LogP contribution in [0.5, 0.6) is 0 Å². The van der Waals surface area contributed by atoms with E-state index in [0.29, 0.717) is 24.2 Å². The number of sulfonamides is 1. The Morgan fingerprint density at radius 3 is 2.63 bits per heavy atom. The molecule has 0 fully saturated rings. The number of fused-ring (bicyclic) bond motifs is 1. The molecule has 0 aliphatic carbocycles. The zero-order chi connectivity index (χ0) is 19.4. The highest BCUT2D eigenvalue weighted by molar-refractivity contribution is 7.89. The lowest BCUT2D eigenvalue weighted by Crippen LogP contribution is -2.37. The molecule has 2 amide bonds. The van der Waals surface area contributed by atoms with Crippen LogP contribution in [0.1, 0.15) is 11.1 Å². The molecule has 2 aromatic carbocycles. The number of carbonyl (C=O) groups is 2. The fourth-order valence-electron chi connectivity index (χ4n) is 2.91. The van der Waals surface area contributed by atoms with Gasteiger partial charge in [-0.15, -0.1) is 0 Å². The summed E-state index contributed by atoms with van der Waals surface area (Å²) in [7, 11) is -2.18. The van der Waals surface area contributed by atoms with E-state index in [2.05, 4.69) is 10.0 Å². The van der Waals surface area contributed by atoms with Gasteiger partial charge in [0.2, 0.25) is 21.8 Å². The molecule has 0 unspecified atom stereocenters. The van der Waals surface area contributed by atoms with Crippen LogP contribution in [0.15, 0.2) is 53.4 Å². The van der Waals surface area contributed by atoms with Crippen molar-refractivity contribution in [1.29, 1.82) is 0 Å². The Balaban J connectivity index is 1.53. The van der Waals surface area contributed by atoms with E-state index in [1.807, 2.05) is 30.3 Å². The molecular formula is C19H21N3O4S. The molecule has 0 aromatic heterocycles. The van der Waals surface area contributed by atoms with Crippen molar-refractivity contribution in [3.05, 3.63) is 59.7 Å². The quantitative estimate of drug-likeness (QED) is 0.736. The molecule has 0 saturated heterocycles. The first-order valence-corrected chi connectivity index (χ1v) is 10.0. The van der Waals surface area contributed by atoms with Gasteiger partial charge < -0.3 is 10.2 Å². The standard InChI is InChI=1S/C19H21N3O4S/c1-22-17-8-7-16(11-15(17)12-19(22)24)27(25,26)21-13-18(23)20-10-9-14-5-3-2-4-6-14/h2-8,11,21H,9-10,12-13H2,1H3,(H,20,23). The van der Waals surface area contributed by atoms with E-state index in [9.17, 15) is 18.0 Å². The largest absolute Gasteiger partial charge is 0.355 e. The van der Waals surface area contributed by atoms with Gasteiger partial charge in [0, 0.05) is 19.3 Å². The fraction of sp³-hybridized carbons (Fsp3) is 0.263. The molecule has 27 heavy (non-hydrogen) atoms. The summed E-state index contributed by atoms with van der Waals surface area (Å²) in [6, 6.07) is 14.2. The zero-order valence-corrected chi connectivity index (χ0v) is 15.8. The number of likely N-dealkylation sites (N-methyl/N-ethyl adjacent to an activating group) is 1. The van der Waals surface area contributed by atoms with Crippen LogP contribution in [0.3, 0.4) is 0 Å². The normalized spacial score (nSPS) is 13.5. The number of carbonyl (C=O) groups excluding carboxylic acids is 2. The molecule has 2 aromatic rings. The molecule has 1 aliphatic rings. The predicted molar refractivity (Wildman–Crippen MR) is 102 cm³/mol. The van der Waals surface area contributed by atoms with Crippen LogP contribution < -0.4 is 14.9 Å². The van der Waals surface area contributed by atoms with Crippen molar-refractivity contribution in [2.24, 2.45) is 0 Å². The second kappa shape index (κ2) is 7.89. The van der Waals surface area contributed by atoms with E-state index >= 15 is 0 Å². The minimum atomic E-state index is -3.83. The van der Waals surface area contributed by atoms with Gasteiger partial charge in [-0.3, -0.25) is 9.59 Å². The second-order valence-corrected chi connectivity index (χ2v) is 8.10. The Hall–Kier alpha value is -2.71. The van der Waals surface area contributed by atoms with Crippen LogP contribution in [0.25, 0.3) is 0 Å². The van der Waals surface area contributed by atoms with Crippen molar-refractivity contribution in [2.75, 3.05) is 25.0 Å². The summed E-state index contributed by atoms with van der Waals surface area (Å²) in [6.45, 7) is 0.0882. The number of amides is 2. The smallest absolute Gasteiger partial charge is 0.241 e. The molecule has 3 rings (SSSR count). The number of hydrogen-bond donors (Lipinski definition) is 2. The average Bonchev–Trinajstić information content (AvgIpc) is 2.94. The Kier molecular flexibility index (Phi) is 5.57. The third-order valence-corrected chi connectivity index (χ3v) is 5.84. The Morgan fingerprint density at radius 2 is 1.89 bits per heavy atom. The van der Waals surface area contributed by atoms with Gasteiger partial charge in [0.25, 0.3) is 0 Å². The number of nitrogens with zero attached hydrogens (tertiary/aromatic N) is 1. The van der Waals surface area contributed by atoms with Gasteiger partial charge in [0.05, 0.1) is 17.9 Å². The summed E-state index contributed by atoms with van der Waals surface area (Å²) in [6.07, 6.45) is 0.848. The highest BCUT2D eigenvalue weighted by Crippen LogP contribution is 2.29. The van der Waals surface area contributed by atoms with Gasteiger partial charge >= 0.3 is 0 Å². The fourth-order valence-corrected chi connectivity index (χ4v) is 3.94. The lowest BCUT2D eigenvalue weighted by molar-refractivity contribution is -0.120. The van der Waals surface area contributed by atoms with Gasteiger partial charge in [0.15, 0.2) is 0 Å². The van der Waals surface area contributed by atoms with Crippen molar-refractivity contribution in [1.82, 2.24) is 10.0 Å². The highest BCUT2D eigenvalue weighted by atomic mass is 32.2. The van der Waals surface area contributed by atoms with E-state index in [4.69, 9.17) is 0 Å². The van der Waals surface area contributed by atoms with Gasteiger partial charge in [-0.05, 0) is 35.7 Å². The van der Waals surface area contributed by atoms with Crippen LogP contribution >= 0.6 is 0 Å². The first kappa shape index (κ1) is 19.1. The number of hydrogen-bond acceptors (Lipinski definition) is 4. The first-order valence-electron chi connectivity index (χ1n) is 8.56. The lowest BCUT2D eigenvalue weighted by Gasteiger charge is -2.11. The van der Waals surface area contributed by atoms with Crippen LogP contribution in [0.2, 0.25) is 0 Å². The topological polar surface area (TPSA) is 95.6 Å². The molecule has 1 heterocycles. The monoisotopic (exact) mass is 387 g/mol. The van der Waals surface area contributed by atoms with Crippen LogP contribution in [-0.2, 0) is 32.5 Å². The molecule has 0 spiro atoms. The SMILES string of the molecule is CN1C(=O)Cc2cc(S(=O)(=O)NCC(=O)NCCc3ccccc3)ccc21. The lowest BCUT2D eigenvalue weighted by atomic mass is 10.1. The minimum Gasteiger partial charge on any atom is -0.355 e. The van der Waals surface area contributed by atoms with E-state index in [-0.39, 0.29) is 23.8 Å². The van der Waals surface area contributed by atoms with Crippen molar-refractivity contribution >= 4 is 27.5 Å². The van der Waals surface area contributed by atoms with Crippen LogP contribution in [0, 0.1) is 0 Å². The summed E-state index contributed by atoms with van der Waals surface area (Å²) >= 11 is 0. The molecule has 142 valence electrons. The molecule has 8 heteroatoms. The van der Waals surface area contributed by atoms with Gasteiger partial charge in [-0.25, -0.2) is 13.1 Å². The number of benzene rings is 2. The molecule has 2 N–H and O–H groups in total. The summed E-state index contributed by atoms with van der Waals surface area (Å²) in [5, 5.41) is 2.69. The summed E-state index contributed by atoms with van der Waals surface area (Å²) < 4.78 is 27.1. The van der Waals surface area contributed by atoms with Crippen LogP contribution in [0.4, 0.5) is 5.69 Å². The highest BCUT2D eigenvalue weighted by Gasteiger charge is 2.26. The van der Waals surface area contributed by atoms with E-state index in [1.54, 1.807) is 13.1 Å². The van der Waals surface area contributed by atoms with Crippen molar-refractivity contribution in [3.8, 4) is 0 Å². The summed E-state index contributed by atoms with van der Waals surface area (Å²) in [5.74, 6) is -0.476. The third-order valence-electron chi connectivity index (χ3n) is 4.44. The Morgan fingerprint density at radius 1 is 1.15 bits per heavy atom. The van der Waals surface area contributed by atoms with Gasteiger partial charge in [-0.1, -0.05) is 30.3 Å². The first-order chi connectivity index (χ1) is 12.9. The van der Waals surface area contributed by atoms with Crippen molar-refractivity contribution < 1.29 is 18.0 Å². The van der Waals surface area contributed by atoms with Crippen molar-refractivity contribution in [2.45, 2.75) is 17.7 Å². The molecule has 0 radical (unpaired) electrons. The average molecular weight is 387 g/mol.